The van der Waals surface area contributed by atoms with E-state index in [0.29, 0.717) is 0 Å². The van der Waals surface area contributed by atoms with E-state index < -0.39 is 5.30 Å². The van der Waals surface area contributed by atoms with E-state index in [4.69, 9.17) is 0 Å². The highest BCUT2D eigenvalue weighted by Gasteiger charge is 2.02. The molecule has 0 bridgehead atoms. The first-order valence-corrected chi connectivity index (χ1v) is 3.69. The van der Waals surface area contributed by atoms with Crippen LogP contribution >= 0.6 is 35.2 Å². The smallest absolute Gasteiger partial charge is 0.388 e. The first-order chi connectivity index (χ1) is 3.63. The lowest BCUT2D eigenvalue weighted by Gasteiger charge is -1.97. The Kier molecular flexibility index (Phi) is 4.83. The lowest BCUT2D eigenvalue weighted by atomic mass is 9.98. The Morgan fingerprint density at radius 1 is 2.00 bits per heavy atom. The minimum Gasteiger partial charge on any atom is -0.530 e. The molecule has 0 saturated carbocycles. The SMILES string of the molecule is CC(I)[B]OC(=O)S. The van der Waals surface area contributed by atoms with E-state index in [2.05, 4.69) is 39.9 Å². The topological polar surface area (TPSA) is 26.3 Å². The quantitative estimate of drug-likeness (QED) is 0.344. The fourth-order valence-electron chi connectivity index (χ4n) is 0.152. The molecule has 0 fully saturated rings. The zero-order valence-corrected chi connectivity index (χ0v) is 7.35. The predicted octanol–water partition coefficient (Wildman–Crippen LogP) is 1.45. The van der Waals surface area contributed by atoms with Crippen LogP contribution in [-0.2, 0) is 4.65 Å². The van der Waals surface area contributed by atoms with Gasteiger partial charge in [-0.05, 0) is 0 Å². The molecule has 0 aliphatic rings. The third kappa shape index (κ3) is 6.61. The summed E-state index contributed by atoms with van der Waals surface area (Å²) in [6.45, 7) is 1.90. The van der Waals surface area contributed by atoms with E-state index >= 15 is 0 Å². The molecule has 0 aromatic carbocycles. The third-order valence-corrected chi connectivity index (χ3v) is 0.755. The first kappa shape index (κ1) is 8.61. The molecule has 0 N–H and O–H groups in total. The molecule has 1 unspecified atom stereocenters. The Labute approximate surface area is 68.2 Å². The van der Waals surface area contributed by atoms with Crippen molar-refractivity contribution in [2.24, 2.45) is 0 Å². The van der Waals surface area contributed by atoms with Crippen molar-refractivity contribution in [2.45, 2.75) is 10.7 Å². The number of thiol groups is 1. The molecule has 0 saturated heterocycles. The van der Waals surface area contributed by atoms with Crippen LogP contribution in [0.25, 0.3) is 0 Å². The largest absolute Gasteiger partial charge is 0.530 e. The number of hydrogen-bond acceptors (Lipinski definition) is 2. The second-order valence-corrected chi connectivity index (χ2v) is 3.53. The summed E-state index contributed by atoms with van der Waals surface area (Å²) >= 11 is 5.49. The maximum atomic E-state index is 9.96. The molecule has 0 spiro atoms. The van der Waals surface area contributed by atoms with Crippen LogP contribution in [0.5, 0.6) is 0 Å². The molecule has 8 heavy (non-hydrogen) atoms. The van der Waals surface area contributed by atoms with Crippen molar-refractivity contribution >= 4 is 48.0 Å². The minimum atomic E-state index is -0.562. The van der Waals surface area contributed by atoms with Crippen molar-refractivity contribution in [1.82, 2.24) is 0 Å². The van der Waals surface area contributed by atoms with Gasteiger partial charge in [0.15, 0.2) is 0 Å². The molecular weight excluding hydrogens is 238 g/mol. The maximum absolute atomic E-state index is 9.96. The van der Waals surface area contributed by atoms with Gasteiger partial charge in [-0.2, -0.15) is 0 Å². The Morgan fingerprint density at radius 2 is 2.50 bits per heavy atom. The highest BCUT2D eigenvalue weighted by atomic mass is 127. The van der Waals surface area contributed by atoms with Crippen LogP contribution in [0.4, 0.5) is 4.79 Å². The molecule has 5 heteroatoms. The third-order valence-electron chi connectivity index (χ3n) is 0.356. The van der Waals surface area contributed by atoms with Gasteiger partial charge in [0, 0.05) is 3.82 Å². The van der Waals surface area contributed by atoms with Gasteiger partial charge in [0.25, 0.3) is 0 Å². The van der Waals surface area contributed by atoms with Gasteiger partial charge in [0.1, 0.15) is 0 Å². The van der Waals surface area contributed by atoms with Gasteiger partial charge < -0.3 is 4.65 Å². The van der Waals surface area contributed by atoms with Crippen molar-refractivity contribution in [3.05, 3.63) is 0 Å². The molecule has 0 aliphatic heterocycles. The highest BCUT2D eigenvalue weighted by molar-refractivity contribution is 14.1. The number of rotatable bonds is 2. The van der Waals surface area contributed by atoms with Crippen LogP contribution in [0.15, 0.2) is 0 Å². The number of hydrogen-bond donors (Lipinski definition) is 1. The molecular formula is C3H5BIO2S. The van der Waals surface area contributed by atoms with Gasteiger partial charge in [-0.25, -0.2) is 4.79 Å². The zero-order chi connectivity index (χ0) is 6.57. The standard InChI is InChI=1S/C3H5BIO2S/c1-2(5)4-7-3(6)8/h2H,1H3,(H,6,8). The van der Waals surface area contributed by atoms with Crippen molar-refractivity contribution < 1.29 is 9.45 Å². The summed E-state index contributed by atoms with van der Waals surface area (Å²) in [5.41, 5.74) is 0. The van der Waals surface area contributed by atoms with Crippen LogP contribution in [0, 0.1) is 0 Å². The molecule has 0 amide bonds. The fraction of sp³-hybridized carbons (Fsp3) is 0.667. The van der Waals surface area contributed by atoms with Gasteiger partial charge in [0.2, 0.25) is 0 Å². The van der Waals surface area contributed by atoms with Crippen molar-refractivity contribution in [3.8, 4) is 0 Å². The first-order valence-electron chi connectivity index (χ1n) is 2.00. The molecule has 45 valence electrons. The average molecular weight is 243 g/mol. The Hall–Kier alpha value is 0.615. The summed E-state index contributed by atoms with van der Waals surface area (Å²) in [5, 5.41) is -0.562. The van der Waals surface area contributed by atoms with Gasteiger partial charge in [-0.3, -0.25) is 0 Å². The number of carbonyl (C=O) groups excluding carboxylic acids is 1. The van der Waals surface area contributed by atoms with Crippen molar-refractivity contribution in [2.75, 3.05) is 0 Å². The fourth-order valence-corrected chi connectivity index (χ4v) is 0.360. The Morgan fingerprint density at radius 3 is 2.62 bits per heavy atom. The summed E-state index contributed by atoms with van der Waals surface area (Å²) in [7, 11) is 1.43. The number of alkyl halides is 1. The van der Waals surface area contributed by atoms with Gasteiger partial charge in [0.05, 0.1) is 0 Å². The molecule has 1 atom stereocenters. The normalized spacial score (nSPS) is 12.4. The van der Waals surface area contributed by atoms with Gasteiger partial charge >= 0.3 is 12.8 Å². The zero-order valence-electron chi connectivity index (χ0n) is 4.30. The molecule has 0 rings (SSSR count). The van der Waals surface area contributed by atoms with Crippen LogP contribution < -0.4 is 0 Å². The second-order valence-electron chi connectivity index (χ2n) is 1.20. The van der Waals surface area contributed by atoms with Crippen LogP contribution in [0.1, 0.15) is 6.92 Å². The Balaban J connectivity index is 3.05. The molecule has 1 radical (unpaired) electrons. The molecule has 0 heterocycles. The summed E-state index contributed by atoms with van der Waals surface area (Å²) in [6, 6.07) is 0. The molecule has 0 aromatic heterocycles. The molecule has 2 nitrogen and oxygen atoms in total. The van der Waals surface area contributed by atoms with Crippen molar-refractivity contribution in [3.63, 3.8) is 0 Å². The maximum Gasteiger partial charge on any atom is 0.388 e. The summed E-state index contributed by atoms with van der Waals surface area (Å²) in [5.74, 6) is 0. The minimum absolute atomic E-state index is 0.240. The van der Waals surface area contributed by atoms with E-state index in [9.17, 15) is 4.79 Å². The van der Waals surface area contributed by atoms with E-state index in [0.717, 1.165) is 0 Å². The molecule has 0 aliphatic carbocycles. The van der Waals surface area contributed by atoms with E-state index in [-0.39, 0.29) is 3.82 Å². The monoisotopic (exact) mass is 243 g/mol. The van der Waals surface area contributed by atoms with Crippen molar-refractivity contribution in [1.29, 1.82) is 0 Å². The Bertz CT molecular complexity index is 87.4. The predicted molar refractivity (Wildman–Crippen MR) is 44.7 cm³/mol. The van der Waals surface area contributed by atoms with Crippen LogP contribution in [0.3, 0.4) is 0 Å². The van der Waals surface area contributed by atoms with Gasteiger partial charge in [-0.15, -0.1) is 0 Å². The van der Waals surface area contributed by atoms with E-state index in [1.807, 2.05) is 6.92 Å². The number of carbonyl (C=O) groups is 1. The molecule has 0 aromatic rings. The van der Waals surface area contributed by atoms with Crippen LogP contribution in [0.2, 0.25) is 0 Å². The lowest BCUT2D eigenvalue weighted by Crippen LogP contribution is -2.09. The van der Waals surface area contributed by atoms with Gasteiger partial charge in [-0.1, -0.05) is 42.1 Å². The number of halogens is 1. The second kappa shape index (κ2) is 4.49. The average Bonchev–Trinajstić information content (AvgIpc) is 1.61. The summed E-state index contributed by atoms with van der Waals surface area (Å²) in [4.78, 5) is 9.96. The van der Waals surface area contributed by atoms with E-state index in [1.165, 1.54) is 7.48 Å². The van der Waals surface area contributed by atoms with E-state index in [1.54, 1.807) is 0 Å². The lowest BCUT2D eigenvalue weighted by molar-refractivity contribution is 0.229. The highest BCUT2D eigenvalue weighted by Crippen LogP contribution is 1.96. The summed E-state index contributed by atoms with van der Waals surface area (Å²) in [6.07, 6.45) is 0. The summed E-state index contributed by atoms with van der Waals surface area (Å²) < 4.78 is 4.64. The van der Waals surface area contributed by atoms with Crippen LogP contribution in [-0.4, -0.2) is 16.6 Å².